The number of hydrogen-bond donors (Lipinski definition) is 3. The molecule has 18 heteroatoms. The van der Waals surface area contributed by atoms with Gasteiger partial charge in [0, 0.05) is 54.9 Å². The molecule has 17 nitrogen and oxygen atoms in total. The second-order valence-electron chi connectivity index (χ2n) is 11.9. The van der Waals surface area contributed by atoms with Crippen molar-refractivity contribution in [1.29, 1.82) is 5.26 Å². The molecule has 0 unspecified atom stereocenters. The van der Waals surface area contributed by atoms with Crippen molar-refractivity contribution in [3.8, 4) is 51.8 Å². The summed E-state index contributed by atoms with van der Waals surface area (Å²) >= 11 is -1.44. The van der Waals surface area contributed by atoms with Crippen LogP contribution in [0.5, 0.6) is 23.0 Å². The molecule has 0 saturated carbocycles. The molecule has 3 N–H and O–H groups in total. The molecule has 0 aromatic carbocycles. The zero-order chi connectivity index (χ0) is 41.0. The van der Waals surface area contributed by atoms with Gasteiger partial charge in [-0.3, -0.25) is 34.1 Å². The molecule has 6 aromatic heterocycles. The summed E-state index contributed by atoms with van der Waals surface area (Å²) in [5, 5.41) is 44.9. The topological polar surface area (TPSA) is 241 Å². The van der Waals surface area contributed by atoms with Gasteiger partial charge in [-0.2, -0.15) is 15.5 Å². The fourth-order valence-electron chi connectivity index (χ4n) is 5.12. The number of aldehydes is 1. The van der Waals surface area contributed by atoms with Gasteiger partial charge in [0.25, 0.3) is 0 Å². The van der Waals surface area contributed by atoms with Gasteiger partial charge in [0.1, 0.15) is 36.0 Å². The van der Waals surface area contributed by atoms with Crippen molar-refractivity contribution in [3.05, 3.63) is 108 Å². The molecule has 0 radical (unpaired) electrons. The van der Waals surface area contributed by atoms with Gasteiger partial charge in [0.15, 0.2) is 12.0 Å². The number of ether oxygens (including phenoxy) is 2. The summed E-state index contributed by atoms with van der Waals surface area (Å²) in [7, 11) is 0. The SMILES string of the molecule is CC#N.CC(C)n1nccc1-c1ncccc1COc1cncc(O)c1C=O.CC(C)n1nccc1-c1ncccc1COc1cncc(O)c1CO.[O]=[Mn]=[O]. The van der Waals surface area contributed by atoms with Gasteiger partial charge in [-0.15, -0.1) is 0 Å². The molecule has 0 aliphatic heterocycles. The Bertz CT molecular complexity index is 2250. The average Bonchev–Trinajstić information content (AvgIpc) is 3.89. The normalized spacial score (nSPS) is 10.1. The van der Waals surface area contributed by atoms with Crippen LogP contribution >= 0.6 is 0 Å². The van der Waals surface area contributed by atoms with Gasteiger partial charge in [0.2, 0.25) is 0 Å². The van der Waals surface area contributed by atoms with E-state index in [2.05, 4.69) is 44.0 Å². The van der Waals surface area contributed by atoms with Crippen LogP contribution in [-0.4, -0.2) is 61.1 Å². The number of aromatic hydroxyl groups is 2. The van der Waals surface area contributed by atoms with Gasteiger partial charge in [0.05, 0.1) is 65.8 Å². The van der Waals surface area contributed by atoms with Crippen molar-refractivity contribution in [2.24, 2.45) is 0 Å². The molecule has 0 amide bonds. The molecular formula is C38H41MnN9O8. The van der Waals surface area contributed by atoms with E-state index in [1.807, 2.05) is 59.6 Å². The quantitative estimate of drug-likeness (QED) is 0.0948. The molecule has 0 atom stereocenters. The van der Waals surface area contributed by atoms with Crippen LogP contribution in [0, 0.1) is 11.3 Å². The molecular weight excluding hydrogens is 765 g/mol. The molecule has 0 aliphatic rings. The Balaban J connectivity index is 0.000000264. The average molecular weight is 807 g/mol. The van der Waals surface area contributed by atoms with E-state index in [-0.39, 0.29) is 54.7 Å². The van der Waals surface area contributed by atoms with Gasteiger partial charge in [-0.1, -0.05) is 12.1 Å². The molecule has 0 aliphatic carbocycles. The maximum atomic E-state index is 11.1. The number of hydrogen-bond acceptors (Lipinski definition) is 15. The summed E-state index contributed by atoms with van der Waals surface area (Å²) in [6, 6.07) is 13.5. The summed E-state index contributed by atoms with van der Waals surface area (Å²) < 4.78 is 32.1. The van der Waals surface area contributed by atoms with Crippen molar-refractivity contribution in [1.82, 2.24) is 39.5 Å². The number of rotatable bonds is 12. The maximum absolute atomic E-state index is 11.1. The number of carbonyl (C=O) groups excluding carboxylic acids is 1. The Kier molecular flexibility index (Phi) is 17.7. The van der Waals surface area contributed by atoms with Crippen molar-refractivity contribution in [2.75, 3.05) is 0 Å². The summed E-state index contributed by atoms with van der Waals surface area (Å²) in [4.78, 5) is 27.8. The number of aliphatic hydroxyl groups excluding tert-OH is 1. The van der Waals surface area contributed by atoms with E-state index in [1.54, 1.807) is 30.9 Å². The molecule has 0 saturated heterocycles. The first kappa shape index (κ1) is 43.9. The van der Waals surface area contributed by atoms with E-state index in [0.717, 1.165) is 33.9 Å². The molecule has 6 aromatic rings. The van der Waals surface area contributed by atoms with E-state index in [0.29, 0.717) is 17.6 Å². The second-order valence-corrected chi connectivity index (χ2v) is 12.1. The van der Waals surface area contributed by atoms with Crippen LogP contribution in [0.4, 0.5) is 0 Å². The van der Waals surface area contributed by atoms with Crippen LogP contribution in [0.25, 0.3) is 22.8 Å². The van der Waals surface area contributed by atoms with Crippen molar-refractivity contribution in [3.63, 3.8) is 0 Å². The Morgan fingerprint density at radius 3 is 1.66 bits per heavy atom. The summed E-state index contributed by atoms with van der Waals surface area (Å²) in [6.07, 6.45) is 12.8. The molecule has 293 valence electrons. The third kappa shape index (κ3) is 11.7. The summed E-state index contributed by atoms with van der Waals surface area (Å²) in [6.45, 7) is 9.71. The third-order valence-electron chi connectivity index (χ3n) is 7.55. The van der Waals surface area contributed by atoms with Crippen LogP contribution in [0.15, 0.2) is 86.0 Å². The van der Waals surface area contributed by atoms with E-state index >= 15 is 0 Å². The standard InChI is InChI=1S/C18H20N4O3.C18H18N4O3.C2H3N.Mn.2O/c2*1-12(2)22-15(5-7-21-22)18-13(4-3-6-20-18)11-25-17-9-19-8-16(24)14(17)10-23;1-2-3;;;/h3-9,12,23-24H,10-11H2,1-2H3;3-10,12,24H,11H2,1-2H3;1H3;;;. The van der Waals surface area contributed by atoms with Gasteiger partial charge in [-0.05, 0) is 52.0 Å². The molecule has 6 rings (SSSR count). The minimum atomic E-state index is -1.44. The van der Waals surface area contributed by atoms with E-state index in [9.17, 15) is 20.1 Å². The van der Waals surface area contributed by atoms with Crippen LogP contribution in [-0.2, 0) is 42.3 Å². The molecule has 6 heterocycles. The predicted octanol–water partition coefficient (Wildman–Crippen LogP) is 6.01. The van der Waals surface area contributed by atoms with E-state index in [4.69, 9.17) is 22.4 Å². The Morgan fingerprint density at radius 1 is 0.768 bits per heavy atom. The number of carbonyl (C=O) groups is 1. The van der Waals surface area contributed by atoms with Gasteiger partial charge < -0.3 is 24.8 Å². The molecule has 0 spiro atoms. The van der Waals surface area contributed by atoms with Crippen LogP contribution in [0.3, 0.4) is 0 Å². The fraction of sp³-hybridized carbons (Fsp3) is 0.263. The Morgan fingerprint density at radius 2 is 1.21 bits per heavy atom. The molecule has 0 bridgehead atoms. The first-order chi connectivity index (χ1) is 27.1. The van der Waals surface area contributed by atoms with Crippen molar-refractivity contribution < 1.29 is 52.1 Å². The number of aromatic nitrogens is 8. The first-order valence-corrected chi connectivity index (χ1v) is 17.8. The van der Waals surface area contributed by atoms with Crippen molar-refractivity contribution >= 4 is 6.29 Å². The van der Waals surface area contributed by atoms with Crippen molar-refractivity contribution in [2.45, 2.75) is 66.5 Å². The predicted molar refractivity (Wildman–Crippen MR) is 196 cm³/mol. The zero-order valence-corrected chi connectivity index (χ0v) is 32.4. The number of aliphatic hydroxyl groups is 1. The van der Waals surface area contributed by atoms with Crippen LogP contribution < -0.4 is 9.47 Å². The van der Waals surface area contributed by atoms with Gasteiger partial charge >= 0.3 is 22.5 Å². The van der Waals surface area contributed by atoms with E-state index in [1.165, 1.54) is 31.7 Å². The summed E-state index contributed by atoms with van der Waals surface area (Å²) in [5.41, 5.74) is 5.44. The molecule has 0 fully saturated rings. The zero-order valence-electron chi connectivity index (χ0n) is 31.2. The van der Waals surface area contributed by atoms with Gasteiger partial charge in [-0.25, -0.2) is 0 Å². The van der Waals surface area contributed by atoms with Crippen LogP contribution in [0.2, 0.25) is 0 Å². The summed E-state index contributed by atoms with van der Waals surface area (Å²) in [5.74, 6) is 0.262. The Labute approximate surface area is 328 Å². The first-order valence-electron chi connectivity index (χ1n) is 16.9. The third-order valence-corrected chi connectivity index (χ3v) is 7.55. The Hall–Kier alpha value is -6.54. The fourth-order valence-corrected chi connectivity index (χ4v) is 5.12. The second kappa shape index (κ2) is 22.6. The monoisotopic (exact) mass is 806 g/mol. The number of nitriles is 1. The van der Waals surface area contributed by atoms with E-state index < -0.39 is 14.8 Å². The van der Waals surface area contributed by atoms with Crippen LogP contribution in [0.1, 0.15) is 73.8 Å². The number of nitrogens with zero attached hydrogens (tertiary/aromatic N) is 9. The molecule has 56 heavy (non-hydrogen) atoms. The minimum absolute atomic E-state index is 0.0765. The number of pyridine rings is 4.